The molecule has 0 aliphatic heterocycles. The maximum Gasteiger partial charge on any atom is 0.337 e. The second-order valence-corrected chi connectivity index (χ2v) is 3.70. The summed E-state index contributed by atoms with van der Waals surface area (Å²) < 4.78 is 0. The number of carboxylic acid groups (broad SMARTS) is 1. The van der Waals surface area contributed by atoms with E-state index in [-0.39, 0.29) is 10.6 Å². The van der Waals surface area contributed by atoms with E-state index in [9.17, 15) is 4.79 Å². The Morgan fingerprint density at radius 1 is 1.38 bits per heavy atom. The van der Waals surface area contributed by atoms with Gasteiger partial charge >= 0.3 is 5.97 Å². The summed E-state index contributed by atoms with van der Waals surface area (Å²) in [7, 11) is 0. The molecule has 0 radical (unpaired) electrons. The first-order valence-electron chi connectivity index (χ1n) is 3.34. The van der Waals surface area contributed by atoms with Gasteiger partial charge in [0, 0.05) is 10.4 Å². The molecule has 0 spiro atoms. The summed E-state index contributed by atoms with van der Waals surface area (Å²) in [4.78, 5) is 10.8. The lowest BCUT2D eigenvalue weighted by atomic mass is 10.1. The van der Waals surface area contributed by atoms with Crippen LogP contribution in [0.2, 0.25) is 10.0 Å². The van der Waals surface area contributed by atoms with Crippen molar-refractivity contribution in [3.8, 4) is 0 Å². The van der Waals surface area contributed by atoms with E-state index >= 15 is 0 Å². The number of aromatic carboxylic acids is 1. The quantitative estimate of drug-likeness (QED) is 0.843. The molecule has 70 valence electrons. The van der Waals surface area contributed by atoms with Crippen LogP contribution < -0.4 is 0 Å². The highest BCUT2D eigenvalue weighted by Crippen LogP contribution is 2.28. The lowest BCUT2D eigenvalue weighted by Gasteiger charge is -2.06. The van der Waals surface area contributed by atoms with E-state index in [4.69, 9.17) is 28.3 Å². The Morgan fingerprint density at radius 2 is 1.92 bits per heavy atom. The van der Waals surface area contributed by atoms with Gasteiger partial charge in [0.05, 0.1) is 10.6 Å². The molecule has 0 bridgehead atoms. The zero-order valence-electron chi connectivity index (χ0n) is 6.35. The maximum absolute atomic E-state index is 10.8. The highest BCUT2D eigenvalue weighted by molar-refractivity contribution is 9.08. The Labute approximate surface area is 93.6 Å². The molecule has 5 heteroatoms. The first-order valence-corrected chi connectivity index (χ1v) is 5.21. The van der Waals surface area contributed by atoms with Crippen LogP contribution in [0.5, 0.6) is 0 Å². The van der Waals surface area contributed by atoms with Gasteiger partial charge in [0.25, 0.3) is 0 Å². The first-order chi connectivity index (χ1) is 6.07. The van der Waals surface area contributed by atoms with Crippen LogP contribution in [0.25, 0.3) is 0 Å². The van der Waals surface area contributed by atoms with Crippen molar-refractivity contribution in [1.82, 2.24) is 0 Å². The van der Waals surface area contributed by atoms with Crippen molar-refractivity contribution in [2.75, 3.05) is 0 Å². The number of carboxylic acids is 1. The highest BCUT2D eigenvalue weighted by Gasteiger charge is 2.16. The fourth-order valence-electron chi connectivity index (χ4n) is 0.956. The van der Waals surface area contributed by atoms with E-state index in [0.717, 1.165) is 0 Å². The molecule has 0 aromatic heterocycles. The highest BCUT2D eigenvalue weighted by atomic mass is 79.9. The summed E-state index contributed by atoms with van der Waals surface area (Å²) in [5.41, 5.74) is 0.563. The fourth-order valence-corrected chi connectivity index (χ4v) is 2.18. The first kappa shape index (κ1) is 10.8. The number of hydrogen-bond acceptors (Lipinski definition) is 1. The third-order valence-corrected chi connectivity index (χ3v) is 2.78. The monoisotopic (exact) mass is 282 g/mol. The van der Waals surface area contributed by atoms with Crippen molar-refractivity contribution in [1.29, 1.82) is 0 Å². The molecule has 0 amide bonds. The number of rotatable bonds is 2. The van der Waals surface area contributed by atoms with Gasteiger partial charge in [-0.05, 0) is 17.7 Å². The Bertz CT molecular complexity index is 352. The van der Waals surface area contributed by atoms with Gasteiger partial charge < -0.3 is 5.11 Å². The van der Waals surface area contributed by atoms with E-state index < -0.39 is 5.97 Å². The molecule has 13 heavy (non-hydrogen) atoms. The van der Waals surface area contributed by atoms with Crippen LogP contribution in [0.4, 0.5) is 0 Å². The summed E-state index contributed by atoms with van der Waals surface area (Å²) in [6.45, 7) is 0. The minimum absolute atomic E-state index is 0.0611. The van der Waals surface area contributed by atoms with E-state index in [1.54, 1.807) is 6.07 Å². The molecule has 0 fully saturated rings. The van der Waals surface area contributed by atoms with Crippen molar-refractivity contribution in [2.45, 2.75) is 5.33 Å². The molecule has 1 aromatic rings. The summed E-state index contributed by atoms with van der Waals surface area (Å²) in [5, 5.41) is 9.81. The van der Waals surface area contributed by atoms with E-state index in [1.165, 1.54) is 6.07 Å². The molecular weight excluding hydrogens is 279 g/mol. The summed E-state index contributed by atoms with van der Waals surface area (Å²) in [6, 6.07) is 3.05. The van der Waals surface area contributed by atoms with Crippen molar-refractivity contribution in [2.24, 2.45) is 0 Å². The predicted octanol–water partition coefficient (Wildman–Crippen LogP) is 3.59. The van der Waals surface area contributed by atoms with Crippen LogP contribution in [-0.4, -0.2) is 11.1 Å². The number of alkyl halides is 1. The molecule has 0 aliphatic rings. The van der Waals surface area contributed by atoms with Crippen LogP contribution in [0.3, 0.4) is 0 Å². The Balaban J connectivity index is 3.43. The van der Waals surface area contributed by atoms with Gasteiger partial charge in [0.1, 0.15) is 0 Å². The van der Waals surface area contributed by atoms with Crippen LogP contribution in [-0.2, 0) is 5.33 Å². The second-order valence-electron chi connectivity index (χ2n) is 2.32. The van der Waals surface area contributed by atoms with E-state index in [0.29, 0.717) is 15.9 Å². The van der Waals surface area contributed by atoms with Crippen LogP contribution in [0.15, 0.2) is 12.1 Å². The molecule has 0 unspecified atom stereocenters. The predicted molar refractivity (Wildman–Crippen MR) is 56.1 cm³/mol. The summed E-state index contributed by atoms with van der Waals surface area (Å²) >= 11 is 14.7. The van der Waals surface area contributed by atoms with Gasteiger partial charge in [-0.1, -0.05) is 39.1 Å². The van der Waals surface area contributed by atoms with Crippen molar-refractivity contribution in [3.05, 3.63) is 33.3 Å². The lowest BCUT2D eigenvalue weighted by molar-refractivity contribution is 0.0696. The maximum atomic E-state index is 10.8. The molecular formula is C8H5BrCl2O2. The normalized spacial score (nSPS) is 10.1. The average molecular weight is 284 g/mol. The SMILES string of the molecule is O=C(O)c1c(Cl)ccc(Cl)c1CBr. The molecule has 2 nitrogen and oxygen atoms in total. The van der Waals surface area contributed by atoms with Crippen LogP contribution in [0.1, 0.15) is 15.9 Å². The minimum atomic E-state index is -1.07. The molecule has 1 aromatic carbocycles. The number of benzene rings is 1. The number of halogens is 3. The Kier molecular flexibility index (Phi) is 3.59. The largest absolute Gasteiger partial charge is 0.478 e. The van der Waals surface area contributed by atoms with E-state index in [2.05, 4.69) is 15.9 Å². The molecule has 0 atom stereocenters. The zero-order chi connectivity index (χ0) is 10.0. The summed E-state index contributed by atoms with van der Waals surface area (Å²) in [6.07, 6.45) is 0. The smallest absolute Gasteiger partial charge is 0.337 e. The van der Waals surface area contributed by atoms with Gasteiger partial charge in [-0.3, -0.25) is 0 Å². The number of hydrogen-bond donors (Lipinski definition) is 1. The Morgan fingerprint density at radius 3 is 2.31 bits per heavy atom. The van der Waals surface area contributed by atoms with Crippen molar-refractivity contribution in [3.63, 3.8) is 0 Å². The van der Waals surface area contributed by atoms with Gasteiger partial charge in [-0.15, -0.1) is 0 Å². The molecule has 0 heterocycles. The minimum Gasteiger partial charge on any atom is -0.478 e. The topological polar surface area (TPSA) is 37.3 Å². The number of carbonyl (C=O) groups is 1. The van der Waals surface area contributed by atoms with Gasteiger partial charge in [0.2, 0.25) is 0 Å². The van der Waals surface area contributed by atoms with Crippen molar-refractivity contribution >= 4 is 45.1 Å². The lowest BCUT2D eigenvalue weighted by Crippen LogP contribution is -2.02. The standard InChI is InChI=1S/C8H5BrCl2O2/c9-3-4-5(10)1-2-6(11)7(4)8(12)13/h1-2H,3H2,(H,12,13). The fraction of sp³-hybridized carbons (Fsp3) is 0.125. The Hall–Kier alpha value is -0.250. The van der Waals surface area contributed by atoms with Crippen LogP contribution in [0, 0.1) is 0 Å². The van der Waals surface area contributed by atoms with Gasteiger partial charge in [-0.25, -0.2) is 4.79 Å². The van der Waals surface area contributed by atoms with Crippen molar-refractivity contribution < 1.29 is 9.90 Å². The summed E-state index contributed by atoms with van der Waals surface area (Å²) in [5.74, 6) is -1.07. The molecule has 0 aliphatic carbocycles. The molecule has 1 N–H and O–H groups in total. The zero-order valence-corrected chi connectivity index (χ0v) is 9.45. The average Bonchev–Trinajstić information content (AvgIpc) is 2.07. The third kappa shape index (κ3) is 2.16. The van der Waals surface area contributed by atoms with Gasteiger partial charge in [0.15, 0.2) is 0 Å². The molecule has 1 rings (SSSR count). The van der Waals surface area contributed by atoms with Crippen LogP contribution >= 0.6 is 39.1 Å². The third-order valence-electron chi connectivity index (χ3n) is 1.55. The van der Waals surface area contributed by atoms with E-state index in [1.807, 2.05) is 0 Å². The van der Waals surface area contributed by atoms with Gasteiger partial charge in [-0.2, -0.15) is 0 Å². The molecule has 0 saturated heterocycles. The second kappa shape index (κ2) is 4.31. The molecule has 0 saturated carbocycles.